The Labute approximate surface area is 102 Å². The van der Waals surface area contributed by atoms with Crippen LogP contribution in [0.5, 0.6) is 0 Å². The average molecular weight is 242 g/mol. The van der Waals surface area contributed by atoms with E-state index in [1.54, 1.807) is 6.42 Å². The van der Waals surface area contributed by atoms with Gasteiger partial charge in [0.1, 0.15) is 0 Å². The topological polar surface area (TPSA) is 0 Å². The molecular formula is C13H22S2. The van der Waals surface area contributed by atoms with Gasteiger partial charge in [-0.05, 0) is 49.4 Å². The lowest BCUT2D eigenvalue weighted by molar-refractivity contribution is 0.183. The van der Waals surface area contributed by atoms with E-state index in [0.29, 0.717) is 4.08 Å². The summed E-state index contributed by atoms with van der Waals surface area (Å²) in [4.78, 5) is 0. The molecule has 3 rings (SSSR count). The van der Waals surface area contributed by atoms with Crippen molar-refractivity contribution in [1.29, 1.82) is 0 Å². The van der Waals surface area contributed by atoms with E-state index in [2.05, 4.69) is 44.3 Å². The highest BCUT2D eigenvalue weighted by molar-refractivity contribution is 8.21. The van der Waals surface area contributed by atoms with Gasteiger partial charge in [-0.15, -0.1) is 23.5 Å². The van der Waals surface area contributed by atoms with Crippen LogP contribution in [0.25, 0.3) is 0 Å². The van der Waals surface area contributed by atoms with Crippen molar-refractivity contribution < 1.29 is 0 Å². The normalized spacial score (nSPS) is 52.6. The standard InChI is InChI=1S/C13H22S2/c1-8-9(2)11-6-10(8)7-12(11)13(3)14-4-5-15-13/h8-12H,4-7H2,1-3H3. The molecule has 0 spiro atoms. The predicted octanol–water partition coefficient (Wildman–Crippen LogP) is 4.11. The van der Waals surface area contributed by atoms with Crippen molar-refractivity contribution in [3.63, 3.8) is 0 Å². The van der Waals surface area contributed by atoms with Gasteiger partial charge in [-0.1, -0.05) is 13.8 Å². The molecular weight excluding hydrogens is 220 g/mol. The Kier molecular flexibility index (Phi) is 2.60. The molecule has 0 nitrogen and oxygen atoms in total. The molecule has 1 aliphatic heterocycles. The third kappa shape index (κ3) is 1.50. The first-order valence-electron chi connectivity index (χ1n) is 6.40. The highest BCUT2D eigenvalue weighted by Crippen LogP contribution is 2.63. The monoisotopic (exact) mass is 242 g/mol. The van der Waals surface area contributed by atoms with E-state index in [4.69, 9.17) is 0 Å². The van der Waals surface area contributed by atoms with E-state index in [1.807, 2.05) is 0 Å². The molecule has 0 aromatic heterocycles. The number of hydrogen-bond donors (Lipinski definition) is 0. The van der Waals surface area contributed by atoms with E-state index < -0.39 is 0 Å². The Morgan fingerprint density at radius 2 is 1.67 bits per heavy atom. The van der Waals surface area contributed by atoms with Crippen LogP contribution in [-0.4, -0.2) is 15.6 Å². The van der Waals surface area contributed by atoms with Crippen LogP contribution in [0, 0.1) is 29.6 Å². The fourth-order valence-corrected chi connectivity index (χ4v) is 7.57. The van der Waals surface area contributed by atoms with Gasteiger partial charge in [0.15, 0.2) is 0 Å². The largest absolute Gasteiger partial charge is 0.143 e. The van der Waals surface area contributed by atoms with Crippen LogP contribution >= 0.6 is 23.5 Å². The molecule has 0 aromatic rings. The molecule has 3 aliphatic rings. The zero-order valence-electron chi connectivity index (χ0n) is 10.0. The molecule has 0 N–H and O–H groups in total. The highest BCUT2D eigenvalue weighted by Gasteiger charge is 2.55. The molecule has 86 valence electrons. The van der Waals surface area contributed by atoms with Crippen LogP contribution in [0.3, 0.4) is 0 Å². The molecule has 0 radical (unpaired) electrons. The SMILES string of the molecule is CC1C2CC(C1C)C(C1(C)SCCS1)C2. The lowest BCUT2D eigenvalue weighted by atomic mass is 9.74. The molecule has 0 aromatic carbocycles. The van der Waals surface area contributed by atoms with E-state index in [9.17, 15) is 0 Å². The van der Waals surface area contributed by atoms with E-state index in [-0.39, 0.29) is 0 Å². The maximum Gasteiger partial charge on any atom is 0.0614 e. The Bertz CT molecular complexity index is 255. The van der Waals surface area contributed by atoms with Crippen LogP contribution in [-0.2, 0) is 0 Å². The van der Waals surface area contributed by atoms with Gasteiger partial charge in [-0.25, -0.2) is 0 Å². The number of rotatable bonds is 1. The minimum absolute atomic E-state index is 0.577. The van der Waals surface area contributed by atoms with Crippen LogP contribution in [0.4, 0.5) is 0 Å². The van der Waals surface area contributed by atoms with E-state index in [1.165, 1.54) is 17.9 Å². The molecule has 0 amide bonds. The van der Waals surface area contributed by atoms with Crippen molar-refractivity contribution in [3.05, 3.63) is 0 Å². The first-order valence-corrected chi connectivity index (χ1v) is 8.37. The van der Waals surface area contributed by atoms with Crippen LogP contribution in [0.1, 0.15) is 33.6 Å². The predicted molar refractivity (Wildman–Crippen MR) is 71.4 cm³/mol. The fourth-order valence-electron chi connectivity index (χ4n) is 4.29. The van der Waals surface area contributed by atoms with E-state index >= 15 is 0 Å². The van der Waals surface area contributed by atoms with Gasteiger partial charge in [0.25, 0.3) is 0 Å². The maximum absolute atomic E-state index is 2.53. The van der Waals surface area contributed by atoms with Crippen molar-refractivity contribution in [3.8, 4) is 0 Å². The van der Waals surface area contributed by atoms with Crippen molar-refractivity contribution in [1.82, 2.24) is 0 Å². The second-order valence-electron chi connectivity index (χ2n) is 5.93. The fraction of sp³-hybridized carbons (Fsp3) is 1.00. The van der Waals surface area contributed by atoms with Gasteiger partial charge in [-0.3, -0.25) is 0 Å². The highest BCUT2D eigenvalue weighted by atomic mass is 32.2. The Hall–Kier alpha value is 0.700. The first kappa shape index (κ1) is 10.8. The summed E-state index contributed by atoms with van der Waals surface area (Å²) in [6, 6.07) is 0. The molecule has 3 fully saturated rings. The van der Waals surface area contributed by atoms with Gasteiger partial charge in [0.2, 0.25) is 0 Å². The quantitative estimate of drug-likeness (QED) is 0.678. The Morgan fingerprint density at radius 1 is 1.00 bits per heavy atom. The summed E-state index contributed by atoms with van der Waals surface area (Å²) in [5.41, 5.74) is 0. The molecule has 15 heavy (non-hydrogen) atoms. The first-order chi connectivity index (χ1) is 7.12. The van der Waals surface area contributed by atoms with Gasteiger partial charge in [0.05, 0.1) is 4.08 Å². The summed E-state index contributed by atoms with van der Waals surface area (Å²) in [6.07, 6.45) is 3.08. The molecule has 2 saturated carbocycles. The summed E-state index contributed by atoms with van der Waals surface area (Å²) >= 11 is 4.50. The Balaban J connectivity index is 1.80. The lowest BCUT2D eigenvalue weighted by Crippen LogP contribution is -2.35. The molecule has 1 saturated heterocycles. The summed E-state index contributed by atoms with van der Waals surface area (Å²) < 4.78 is 0.577. The molecule has 5 unspecified atom stereocenters. The smallest absolute Gasteiger partial charge is 0.0614 e. The third-order valence-electron chi connectivity index (χ3n) is 5.43. The van der Waals surface area contributed by atoms with Crippen molar-refractivity contribution in [2.75, 3.05) is 11.5 Å². The third-order valence-corrected chi connectivity index (χ3v) is 8.96. The molecule has 2 heteroatoms. The van der Waals surface area contributed by atoms with Crippen LogP contribution < -0.4 is 0 Å². The van der Waals surface area contributed by atoms with Gasteiger partial charge >= 0.3 is 0 Å². The van der Waals surface area contributed by atoms with E-state index in [0.717, 1.165) is 29.6 Å². The minimum Gasteiger partial charge on any atom is -0.143 e. The van der Waals surface area contributed by atoms with Crippen molar-refractivity contribution in [2.45, 2.75) is 37.7 Å². The molecule has 2 aliphatic carbocycles. The number of fused-ring (bicyclic) bond motifs is 2. The van der Waals surface area contributed by atoms with Gasteiger partial charge in [0, 0.05) is 11.5 Å². The van der Waals surface area contributed by atoms with Crippen molar-refractivity contribution in [2.24, 2.45) is 29.6 Å². The Morgan fingerprint density at radius 3 is 2.20 bits per heavy atom. The average Bonchev–Trinajstić information content (AvgIpc) is 2.86. The molecule has 2 bridgehead atoms. The zero-order valence-corrected chi connectivity index (χ0v) is 11.7. The summed E-state index contributed by atoms with van der Waals surface area (Å²) in [7, 11) is 0. The van der Waals surface area contributed by atoms with Gasteiger partial charge < -0.3 is 0 Å². The summed E-state index contributed by atoms with van der Waals surface area (Å²) in [5, 5.41) is 0. The van der Waals surface area contributed by atoms with Crippen LogP contribution in [0.2, 0.25) is 0 Å². The minimum atomic E-state index is 0.577. The zero-order chi connectivity index (χ0) is 10.6. The second-order valence-corrected chi connectivity index (χ2v) is 9.28. The maximum atomic E-state index is 2.53. The van der Waals surface area contributed by atoms with Gasteiger partial charge in [-0.2, -0.15) is 0 Å². The molecule has 5 atom stereocenters. The van der Waals surface area contributed by atoms with Crippen LogP contribution in [0.15, 0.2) is 0 Å². The lowest BCUT2D eigenvalue weighted by Gasteiger charge is -2.40. The number of thioether (sulfide) groups is 2. The summed E-state index contributed by atoms with van der Waals surface area (Å²) in [6.45, 7) is 7.52. The summed E-state index contributed by atoms with van der Waals surface area (Å²) in [5.74, 6) is 7.91. The number of hydrogen-bond acceptors (Lipinski definition) is 2. The van der Waals surface area contributed by atoms with Crippen molar-refractivity contribution >= 4 is 23.5 Å². The molecule has 1 heterocycles. The second kappa shape index (κ2) is 3.60.